The summed E-state index contributed by atoms with van der Waals surface area (Å²) < 4.78 is 12.7. The fraction of sp³-hybridized carbons (Fsp3) is 0.500. The quantitative estimate of drug-likeness (QED) is 0.819. The second-order valence-electron chi connectivity index (χ2n) is 5.59. The topological polar surface area (TPSA) is 58.2 Å². The van der Waals surface area contributed by atoms with Crippen LogP contribution in [-0.4, -0.2) is 11.8 Å². The van der Waals surface area contributed by atoms with Gasteiger partial charge in [0.1, 0.15) is 5.82 Å². The lowest BCUT2D eigenvalue weighted by atomic mass is 10.0. The van der Waals surface area contributed by atoms with E-state index in [1.807, 2.05) is 0 Å². The lowest BCUT2D eigenvalue weighted by molar-refractivity contribution is -0.128. The predicted octanol–water partition coefficient (Wildman–Crippen LogP) is 2.49. The van der Waals surface area contributed by atoms with Crippen LogP contribution >= 0.6 is 0 Å². The van der Waals surface area contributed by atoms with Crippen molar-refractivity contribution in [3.8, 4) is 0 Å². The zero-order valence-electron chi connectivity index (χ0n) is 12.0. The summed E-state index contributed by atoms with van der Waals surface area (Å²) in [6, 6.07) is 5.72. The van der Waals surface area contributed by atoms with Crippen LogP contribution in [0.25, 0.3) is 0 Å². The molecule has 0 radical (unpaired) electrons. The Bertz CT molecular complexity index is 482. The lowest BCUT2D eigenvalue weighted by Gasteiger charge is -2.10. The first kappa shape index (κ1) is 15.5. The maximum Gasteiger partial charge on any atom is 0.242 e. The van der Waals surface area contributed by atoms with Crippen LogP contribution < -0.4 is 10.9 Å². The largest absolute Gasteiger partial charge is 0.273 e. The molecule has 1 aliphatic rings. The number of nitrogens with one attached hydrogen (secondary N) is 2. The normalized spacial score (nSPS) is 14.9. The summed E-state index contributed by atoms with van der Waals surface area (Å²) in [6.07, 6.45) is 6.40. The fourth-order valence-electron chi connectivity index (χ4n) is 2.67. The molecule has 114 valence electrons. The number of amides is 2. The van der Waals surface area contributed by atoms with Gasteiger partial charge in [-0.3, -0.25) is 20.4 Å². The van der Waals surface area contributed by atoms with Crippen molar-refractivity contribution in [1.29, 1.82) is 0 Å². The van der Waals surface area contributed by atoms with Gasteiger partial charge in [0.25, 0.3) is 0 Å². The second kappa shape index (κ2) is 7.76. The maximum absolute atomic E-state index is 12.7. The highest BCUT2D eigenvalue weighted by Gasteiger charge is 2.16. The minimum atomic E-state index is -0.334. The Balaban J connectivity index is 1.63. The summed E-state index contributed by atoms with van der Waals surface area (Å²) in [5.41, 5.74) is 5.52. The molecule has 1 aromatic rings. The molecule has 4 nitrogen and oxygen atoms in total. The third kappa shape index (κ3) is 5.53. The number of benzene rings is 1. The standard InChI is InChI=1S/C16H21FN2O2/c17-14-8-5-13(6-9-14)11-16(21)19-18-15(20)10-7-12-3-1-2-4-12/h5-6,8-9,12H,1-4,7,10-11H2,(H,18,20)(H,19,21). The minimum absolute atomic E-state index is 0.114. The Morgan fingerprint density at radius 1 is 1.05 bits per heavy atom. The van der Waals surface area contributed by atoms with Crippen LogP contribution in [0.2, 0.25) is 0 Å². The van der Waals surface area contributed by atoms with Gasteiger partial charge in [0.15, 0.2) is 0 Å². The first-order valence-corrected chi connectivity index (χ1v) is 7.45. The molecule has 2 rings (SSSR count). The fourth-order valence-corrected chi connectivity index (χ4v) is 2.67. The third-order valence-electron chi connectivity index (χ3n) is 3.87. The molecule has 1 fully saturated rings. The van der Waals surface area contributed by atoms with Crippen molar-refractivity contribution in [2.24, 2.45) is 5.92 Å². The Morgan fingerprint density at radius 2 is 1.67 bits per heavy atom. The van der Waals surface area contributed by atoms with E-state index in [1.54, 1.807) is 12.1 Å². The molecule has 2 N–H and O–H groups in total. The van der Waals surface area contributed by atoms with E-state index >= 15 is 0 Å². The van der Waals surface area contributed by atoms with Gasteiger partial charge >= 0.3 is 0 Å². The van der Waals surface area contributed by atoms with E-state index in [-0.39, 0.29) is 24.1 Å². The lowest BCUT2D eigenvalue weighted by Crippen LogP contribution is -2.42. The minimum Gasteiger partial charge on any atom is -0.273 e. The van der Waals surface area contributed by atoms with E-state index in [9.17, 15) is 14.0 Å². The van der Waals surface area contributed by atoms with Crippen LogP contribution in [0.1, 0.15) is 44.1 Å². The van der Waals surface area contributed by atoms with Crippen molar-refractivity contribution in [3.05, 3.63) is 35.6 Å². The van der Waals surface area contributed by atoms with Crippen molar-refractivity contribution in [2.45, 2.75) is 44.9 Å². The van der Waals surface area contributed by atoms with Gasteiger partial charge in [-0.15, -0.1) is 0 Å². The number of hydrazine groups is 1. The molecule has 0 spiro atoms. The van der Waals surface area contributed by atoms with E-state index in [1.165, 1.54) is 37.8 Å². The van der Waals surface area contributed by atoms with Gasteiger partial charge in [-0.25, -0.2) is 4.39 Å². The first-order valence-electron chi connectivity index (χ1n) is 7.45. The van der Waals surface area contributed by atoms with E-state index in [0.717, 1.165) is 6.42 Å². The van der Waals surface area contributed by atoms with Crippen molar-refractivity contribution in [2.75, 3.05) is 0 Å². The highest BCUT2D eigenvalue weighted by atomic mass is 19.1. The molecule has 0 saturated heterocycles. The number of rotatable bonds is 5. The van der Waals surface area contributed by atoms with Gasteiger partial charge in [0, 0.05) is 6.42 Å². The number of carbonyl (C=O) groups excluding carboxylic acids is 2. The molecular weight excluding hydrogens is 271 g/mol. The van der Waals surface area contributed by atoms with Crippen LogP contribution in [0, 0.1) is 11.7 Å². The molecule has 0 aliphatic heterocycles. The Labute approximate surface area is 124 Å². The zero-order valence-corrected chi connectivity index (χ0v) is 12.0. The highest BCUT2D eigenvalue weighted by Crippen LogP contribution is 2.28. The third-order valence-corrected chi connectivity index (χ3v) is 3.87. The summed E-state index contributed by atoms with van der Waals surface area (Å²) in [4.78, 5) is 23.3. The molecule has 1 aliphatic carbocycles. The van der Waals surface area contributed by atoms with Crippen LogP contribution in [-0.2, 0) is 16.0 Å². The van der Waals surface area contributed by atoms with Gasteiger partial charge in [-0.2, -0.15) is 0 Å². The molecule has 1 saturated carbocycles. The Kier molecular flexibility index (Phi) is 5.72. The van der Waals surface area contributed by atoms with E-state index < -0.39 is 0 Å². The average molecular weight is 292 g/mol. The van der Waals surface area contributed by atoms with Gasteiger partial charge in [-0.1, -0.05) is 37.8 Å². The number of carbonyl (C=O) groups is 2. The smallest absolute Gasteiger partial charge is 0.242 e. The van der Waals surface area contributed by atoms with E-state index in [4.69, 9.17) is 0 Å². The Hall–Kier alpha value is -1.91. The number of halogens is 1. The zero-order chi connectivity index (χ0) is 15.1. The molecule has 0 aromatic heterocycles. The van der Waals surface area contributed by atoms with Gasteiger partial charge in [0.05, 0.1) is 6.42 Å². The molecule has 2 amide bonds. The van der Waals surface area contributed by atoms with Gasteiger partial charge in [0.2, 0.25) is 11.8 Å². The summed E-state index contributed by atoms with van der Waals surface area (Å²) in [6.45, 7) is 0. The van der Waals surface area contributed by atoms with Crippen molar-refractivity contribution in [1.82, 2.24) is 10.9 Å². The van der Waals surface area contributed by atoms with E-state index in [0.29, 0.717) is 17.9 Å². The Morgan fingerprint density at radius 3 is 2.33 bits per heavy atom. The number of hydrogen-bond donors (Lipinski definition) is 2. The van der Waals surface area contributed by atoms with Gasteiger partial charge in [-0.05, 0) is 30.0 Å². The predicted molar refractivity (Wildman–Crippen MR) is 77.6 cm³/mol. The summed E-state index contributed by atoms with van der Waals surface area (Å²) >= 11 is 0. The van der Waals surface area contributed by atoms with Crippen LogP contribution in [0.3, 0.4) is 0 Å². The van der Waals surface area contributed by atoms with Crippen LogP contribution in [0.15, 0.2) is 24.3 Å². The highest BCUT2D eigenvalue weighted by molar-refractivity contribution is 5.83. The summed E-state index contributed by atoms with van der Waals surface area (Å²) in [5.74, 6) is -0.143. The SMILES string of the molecule is O=C(CCC1CCCC1)NNC(=O)Cc1ccc(F)cc1. The van der Waals surface area contributed by atoms with Crippen molar-refractivity contribution < 1.29 is 14.0 Å². The molecule has 1 aromatic carbocycles. The molecule has 0 bridgehead atoms. The first-order chi connectivity index (χ1) is 10.1. The summed E-state index contributed by atoms with van der Waals surface area (Å²) in [7, 11) is 0. The monoisotopic (exact) mass is 292 g/mol. The second-order valence-corrected chi connectivity index (χ2v) is 5.59. The maximum atomic E-state index is 12.7. The van der Waals surface area contributed by atoms with Crippen LogP contribution in [0.5, 0.6) is 0 Å². The van der Waals surface area contributed by atoms with E-state index in [2.05, 4.69) is 10.9 Å². The molecule has 21 heavy (non-hydrogen) atoms. The molecule has 5 heteroatoms. The molecular formula is C16H21FN2O2. The molecule has 0 unspecified atom stereocenters. The van der Waals surface area contributed by atoms with Crippen LogP contribution in [0.4, 0.5) is 4.39 Å². The van der Waals surface area contributed by atoms with Gasteiger partial charge < -0.3 is 0 Å². The summed E-state index contributed by atoms with van der Waals surface area (Å²) in [5, 5.41) is 0. The van der Waals surface area contributed by atoms with Crippen molar-refractivity contribution >= 4 is 11.8 Å². The molecule has 0 heterocycles. The van der Waals surface area contributed by atoms with Crippen molar-refractivity contribution in [3.63, 3.8) is 0 Å². The average Bonchev–Trinajstić information content (AvgIpc) is 2.99. The molecule has 0 atom stereocenters. The number of hydrogen-bond acceptors (Lipinski definition) is 2.